The van der Waals surface area contributed by atoms with E-state index in [4.69, 9.17) is 16.3 Å². The van der Waals surface area contributed by atoms with Gasteiger partial charge in [0.05, 0.1) is 11.5 Å². The summed E-state index contributed by atoms with van der Waals surface area (Å²) in [6.45, 7) is 1.89. The molecule has 2 aromatic rings. The second-order valence-corrected chi connectivity index (χ2v) is 4.86. The summed E-state index contributed by atoms with van der Waals surface area (Å²) in [6.07, 6.45) is 1.39. The van der Waals surface area contributed by atoms with E-state index in [1.54, 1.807) is 24.4 Å². The predicted octanol–water partition coefficient (Wildman–Crippen LogP) is 3.20. The predicted molar refractivity (Wildman–Crippen MR) is 73.0 cm³/mol. The molecule has 0 aliphatic carbocycles. The summed E-state index contributed by atoms with van der Waals surface area (Å²) < 4.78 is 4.90. The van der Waals surface area contributed by atoms with Crippen molar-refractivity contribution in [2.45, 2.75) is 6.92 Å². The van der Waals surface area contributed by atoms with Crippen LogP contribution in [0.2, 0.25) is 5.15 Å². The molecule has 2 aromatic heterocycles. The molecule has 0 radical (unpaired) electrons. The Bertz CT molecular complexity index is 610. The summed E-state index contributed by atoms with van der Waals surface area (Å²) in [7, 11) is 0. The maximum absolute atomic E-state index is 12.3. The summed E-state index contributed by atoms with van der Waals surface area (Å²) in [4.78, 5) is 28.5. The van der Waals surface area contributed by atoms with E-state index in [9.17, 15) is 9.59 Å². The zero-order valence-electron chi connectivity index (χ0n) is 10.1. The lowest BCUT2D eigenvalue weighted by molar-refractivity contribution is 0.0523. The van der Waals surface area contributed by atoms with Gasteiger partial charge >= 0.3 is 5.97 Å². The third-order valence-corrected chi connectivity index (χ3v) is 3.53. The smallest absolute Gasteiger partial charge is 0.342 e. The number of carbonyl (C=O) groups is 2. The highest BCUT2D eigenvalue weighted by Crippen LogP contribution is 2.23. The molecule has 0 amide bonds. The van der Waals surface area contributed by atoms with E-state index in [-0.39, 0.29) is 28.7 Å². The van der Waals surface area contributed by atoms with Crippen LogP contribution in [0.3, 0.4) is 0 Å². The molecule has 0 saturated carbocycles. The number of hydrogen-bond donors (Lipinski definition) is 0. The minimum Gasteiger partial charge on any atom is -0.462 e. The Balaban J connectivity index is 2.49. The van der Waals surface area contributed by atoms with Gasteiger partial charge in [-0.2, -0.15) is 0 Å². The van der Waals surface area contributed by atoms with Crippen molar-refractivity contribution in [2.24, 2.45) is 0 Å². The number of pyridine rings is 1. The lowest BCUT2D eigenvalue weighted by Crippen LogP contribution is -2.13. The van der Waals surface area contributed by atoms with Crippen molar-refractivity contribution < 1.29 is 14.3 Å². The number of aromatic nitrogens is 1. The van der Waals surface area contributed by atoms with Crippen molar-refractivity contribution >= 4 is 34.7 Å². The Morgan fingerprint density at radius 3 is 2.84 bits per heavy atom. The SMILES string of the molecule is CCOC(=O)c1c(C(=O)c2cccs2)ccnc1Cl. The van der Waals surface area contributed by atoms with E-state index < -0.39 is 5.97 Å². The number of hydrogen-bond acceptors (Lipinski definition) is 5. The number of ketones is 1. The minimum absolute atomic E-state index is 0.0180. The zero-order valence-corrected chi connectivity index (χ0v) is 11.6. The first-order chi connectivity index (χ1) is 9.15. The lowest BCUT2D eigenvalue weighted by Gasteiger charge is -2.08. The van der Waals surface area contributed by atoms with E-state index >= 15 is 0 Å². The first kappa shape index (κ1) is 13.7. The monoisotopic (exact) mass is 295 g/mol. The molecule has 0 fully saturated rings. The Morgan fingerprint density at radius 1 is 1.42 bits per heavy atom. The van der Waals surface area contributed by atoms with Crippen LogP contribution in [0.15, 0.2) is 29.8 Å². The van der Waals surface area contributed by atoms with E-state index in [2.05, 4.69) is 4.98 Å². The average Bonchev–Trinajstić information content (AvgIpc) is 2.91. The van der Waals surface area contributed by atoms with Crippen LogP contribution in [-0.2, 0) is 4.74 Å². The second-order valence-electron chi connectivity index (χ2n) is 3.55. The fourth-order valence-corrected chi connectivity index (χ4v) is 2.48. The highest BCUT2D eigenvalue weighted by atomic mass is 35.5. The highest BCUT2D eigenvalue weighted by molar-refractivity contribution is 7.12. The van der Waals surface area contributed by atoms with Gasteiger partial charge in [0.1, 0.15) is 10.7 Å². The number of esters is 1. The molecule has 2 rings (SSSR count). The van der Waals surface area contributed by atoms with E-state index in [0.29, 0.717) is 4.88 Å². The molecule has 4 nitrogen and oxygen atoms in total. The van der Waals surface area contributed by atoms with Crippen molar-refractivity contribution in [3.8, 4) is 0 Å². The number of rotatable bonds is 4. The highest BCUT2D eigenvalue weighted by Gasteiger charge is 2.23. The molecule has 0 bridgehead atoms. The molecule has 19 heavy (non-hydrogen) atoms. The standard InChI is InChI=1S/C13H10ClNO3S/c1-2-18-13(17)10-8(5-6-15-12(10)14)11(16)9-4-3-7-19-9/h3-7H,2H2,1H3. The van der Waals surface area contributed by atoms with Gasteiger partial charge in [-0.05, 0) is 24.4 Å². The minimum atomic E-state index is -0.638. The van der Waals surface area contributed by atoms with Gasteiger partial charge in [0, 0.05) is 11.8 Å². The maximum Gasteiger partial charge on any atom is 0.342 e. The molecule has 0 aliphatic heterocycles. The first-order valence-electron chi connectivity index (χ1n) is 5.55. The third-order valence-electron chi connectivity index (χ3n) is 2.37. The largest absolute Gasteiger partial charge is 0.462 e. The van der Waals surface area contributed by atoms with Crippen molar-refractivity contribution in [1.82, 2.24) is 4.98 Å². The van der Waals surface area contributed by atoms with Crippen molar-refractivity contribution in [2.75, 3.05) is 6.61 Å². The molecule has 0 spiro atoms. The number of thiophene rings is 1. The third kappa shape index (κ3) is 2.83. The van der Waals surface area contributed by atoms with Crippen LogP contribution in [-0.4, -0.2) is 23.3 Å². The van der Waals surface area contributed by atoms with Crippen molar-refractivity contribution in [3.05, 3.63) is 50.9 Å². The lowest BCUT2D eigenvalue weighted by atomic mass is 10.1. The Labute approximate surface area is 119 Å². The summed E-state index contributed by atoms with van der Waals surface area (Å²) in [5.41, 5.74) is 0.227. The van der Waals surface area contributed by atoms with Gasteiger partial charge in [0.25, 0.3) is 0 Å². The normalized spacial score (nSPS) is 10.2. The van der Waals surface area contributed by atoms with E-state index in [1.165, 1.54) is 23.6 Å². The second kappa shape index (κ2) is 5.95. The summed E-state index contributed by atoms with van der Waals surface area (Å²) in [5.74, 6) is -0.900. The average molecular weight is 296 g/mol. The zero-order chi connectivity index (χ0) is 13.8. The quantitative estimate of drug-likeness (QED) is 0.494. The van der Waals surface area contributed by atoms with Crippen LogP contribution in [0.4, 0.5) is 0 Å². The number of ether oxygens (including phenoxy) is 1. The molecule has 0 atom stereocenters. The topological polar surface area (TPSA) is 56.3 Å². The summed E-state index contributed by atoms with van der Waals surface area (Å²) in [6, 6.07) is 4.93. The van der Waals surface area contributed by atoms with Gasteiger partial charge in [-0.3, -0.25) is 4.79 Å². The molecular weight excluding hydrogens is 286 g/mol. The fraction of sp³-hybridized carbons (Fsp3) is 0.154. The first-order valence-corrected chi connectivity index (χ1v) is 6.80. The van der Waals surface area contributed by atoms with Gasteiger partial charge in [-0.15, -0.1) is 11.3 Å². The molecule has 98 valence electrons. The Kier molecular flexibility index (Phi) is 4.29. The summed E-state index contributed by atoms with van der Waals surface area (Å²) in [5, 5.41) is 1.76. The molecule has 6 heteroatoms. The van der Waals surface area contributed by atoms with Crippen LogP contribution in [0.5, 0.6) is 0 Å². The van der Waals surface area contributed by atoms with Crippen molar-refractivity contribution in [3.63, 3.8) is 0 Å². The van der Waals surface area contributed by atoms with Crippen LogP contribution in [0.25, 0.3) is 0 Å². The Hall–Kier alpha value is -1.72. The molecular formula is C13H10ClNO3S. The maximum atomic E-state index is 12.3. The van der Waals surface area contributed by atoms with Crippen molar-refractivity contribution in [1.29, 1.82) is 0 Å². The van der Waals surface area contributed by atoms with Gasteiger partial charge in [0.2, 0.25) is 5.78 Å². The molecule has 0 saturated heterocycles. The van der Waals surface area contributed by atoms with Gasteiger partial charge in [0.15, 0.2) is 0 Å². The van der Waals surface area contributed by atoms with Crippen LogP contribution >= 0.6 is 22.9 Å². The molecule has 0 aromatic carbocycles. The molecule has 0 unspecified atom stereocenters. The van der Waals surface area contributed by atoms with Gasteiger partial charge in [-0.25, -0.2) is 9.78 Å². The number of nitrogens with zero attached hydrogens (tertiary/aromatic N) is 1. The van der Waals surface area contributed by atoms with Gasteiger partial charge in [-0.1, -0.05) is 17.7 Å². The summed E-state index contributed by atoms with van der Waals surface area (Å²) >= 11 is 7.21. The Morgan fingerprint density at radius 2 is 2.21 bits per heavy atom. The number of carbonyl (C=O) groups excluding carboxylic acids is 2. The number of halogens is 1. The van der Waals surface area contributed by atoms with Crippen LogP contribution in [0.1, 0.15) is 32.5 Å². The van der Waals surface area contributed by atoms with Crippen LogP contribution in [0, 0.1) is 0 Å². The fourth-order valence-electron chi connectivity index (χ4n) is 1.56. The van der Waals surface area contributed by atoms with Crippen LogP contribution < -0.4 is 0 Å². The van der Waals surface area contributed by atoms with E-state index in [1.807, 2.05) is 0 Å². The molecule has 2 heterocycles. The molecule has 0 aliphatic rings. The molecule has 0 N–H and O–H groups in total. The van der Waals surface area contributed by atoms with E-state index in [0.717, 1.165) is 0 Å². The van der Waals surface area contributed by atoms with Gasteiger partial charge < -0.3 is 4.74 Å².